The first kappa shape index (κ1) is 25.0. The van der Waals surface area contributed by atoms with Gasteiger partial charge in [-0.1, -0.05) is 39.7 Å². The quantitative estimate of drug-likeness (QED) is 0.207. The van der Waals surface area contributed by atoms with Gasteiger partial charge >= 0.3 is 0 Å². The monoisotopic (exact) mass is 782 g/mol. The van der Waals surface area contributed by atoms with Crippen molar-refractivity contribution in [1.82, 2.24) is 4.98 Å². The van der Waals surface area contributed by atoms with Crippen molar-refractivity contribution in [2.75, 3.05) is 4.90 Å². The van der Waals surface area contributed by atoms with Crippen LogP contribution in [0, 0.1) is 13.8 Å². The largest absolute Gasteiger partial charge is 0.453 e. The number of furan rings is 1. The van der Waals surface area contributed by atoms with Gasteiger partial charge in [0.05, 0.1) is 45.7 Å². The second kappa shape index (κ2) is 8.99. The van der Waals surface area contributed by atoms with Crippen molar-refractivity contribution in [2.45, 2.75) is 38.5 Å². The molecule has 1 aliphatic carbocycles. The first-order valence-electron chi connectivity index (χ1n) is 11.6. The van der Waals surface area contributed by atoms with Gasteiger partial charge in [-0.3, -0.25) is 0 Å². The van der Waals surface area contributed by atoms with E-state index in [2.05, 4.69) is 118 Å². The minimum Gasteiger partial charge on any atom is -0.453 e. The summed E-state index contributed by atoms with van der Waals surface area (Å²) >= 11 is 19.2. The first-order chi connectivity index (χ1) is 17.7. The molecule has 0 saturated carbocycles. The standard InChI is InChI=1S/C27H18Br4N2O2S2/c1-10-4-6-13(7-5-10)33-16-8-11(2)36-25(16)18(29)21(33)26-20(31)24-27(37-26)19(30)22(35-24)14-9-15-23(17(14)28)34-12(3)32-15/h4-8,16,25H,9H2,1-3H3. The number of thiophene rings is 1. The van der Waals surface area contributed by atoms with E-state index >= 15 is 0 Å². The van der Waals surface area contributed by atoms with E-state index in [4.69, 9.17) is 8.83 Å². The van der Waals surface area contributed by atoms with E-state index < -0.39 is 0 Å². The molecule has 2 aliphatic heterocycles. The van der Waals surface area contributed by atoms with Gasteiger partial charge in [-0.15, -0.1) is 23.1 Å². The first-order valence-corrected chi connectivity index (χ1v) is 16.5. The number of anilines is 1. The van der Waals surface area contributed by atoms with Crippen LogP contribution >= 0.6 is 86.8 Å². The highest BCUT2D eigenvalue weighted by molar-refractivity contribution is 9.15. The van der Waals surface area contributed by atoms with Crippen molar-refractivity contribution < 1.29 is 8.83 Å². The molecular formula is C27H18Br4N2O2S2. The Hall–Kier alpha value is -1.04. The SMILES string of the molecule is CC1=CC2C(S1)C(Br)=C(c1sc3c(Br)c(C4=C(Br)c5oc(C)nc5C4)oc3c1Br)N2c1ccc(C)cc1. The molecule has 37 heavy (non-hydrogen) atoms. The number of hydrogen-bond acceptors (Lipinski definition) is 6. The lowest BCUT2D eigenvalue weighted by Crippen LogP contribution is -2.31. The van der Waals surface area contributed by atoms with E-state index in [-0.39, 0.29) is 6.04 Å². The number of nitrogens with zero attached hydrogens (tertiary/aromatic N) is 2. The number of rotatable bonds is 3. The maximum Gasteiger partial charge on any atom is 0.192 e. The fraction of sp³-hybridized carbons (Fsp3) is 0.222. The van der Waals surface area contributed by atoms with Crippen molar-refractivity contribution in [3.05, 3.63) is 82.2 Å². The number of hydrogen-bond donors (Lipinski definition) is 0. The molecule has 10 heteroatoms. The Balaban J connectivity index is 1.35. The van der Waals surface area contributed by atoms with E-state index in [9.17, 15) is 0 Å². The van der Waals surface area contributed by atoms with E-state index in [0.717, 1.165) is 51.4 Å². The second-order valence-electron chi connectivity index (χ2n) is 9.34. The summed E-state index contributed by atoms with van der Waals surface area (Å²) in [5.41, 5.74) is 6.44. The molecule has 3 aliphatic rings. The van der Waals surface area contributed by atoms with Gasteiger partial charge in [-0.2, -0.15) is 0 Å². The average molecular weight is 786 g/mol. The Labute approximate surface area is 255 Å². The predicted molar refractivity (Wildman–Crippen MR) is 169 cm³/mol. The molecule has 0 amide bonds. The summed E-state index contributed by atoms with van der Waals surface area (Å²) in [7, 11) is 0. The fourth-order valence-electron chi connectivity index (χ4n) is 5.22. The second-order valence-corrected chi connectivity index (χ2v) is 15.0. The van der Waals surface area contributed by atoms with Gasteiger partial charge in [0.15, 0.2) is 17.2 Å². The van der Waals surface area contributed by atoms with Crippen LogP contribution in [0.1, 0.15) is 40.5 Å². The molecule has 3 aromatic heterocycles. The van der Waals surface area contributed by atoms with Gasteiger partial charge in [-0.25, -0.2) is 4.98 Å². The molecule has 0 fully saturated rings. The van der Waals surface area contributed by atoms with Gasteiger partial charge in [0, 0.05) is 29.1 Å². The number of aromatic nitrogens is 1. The van der Waals surface area contributed by atoms with Crippen LogP contribution in [-0.2, 0) is 6.42 Å². The third-order valence-corrected chi connectivity index (χ3v) is 13.4. The number of aryl methyl sites for hydroxylation is 2. The molecule has 0 N–H and O–H groups in total. The van der Waals surface area contributed by atoms with E-state index in [1.54, 1.807) is 11.3 Å². The molecule has 0 radical (unpaired) electrons. The lowest BCUT2D eigenvalue weighted by molar-refractivity contribution is 0.512. The van der Waals surface area contributed by atoms with Crippen molar-refractivity contribution >= 4 is 119 Å². The number of allylic oxidation sites excluding steroid dienone is 2. The van der Waals surface area contributed by atoms with Crippen LogP contribution < -0.4 is 4.90 Å². The van der Waals surface area contributed by atoms with Crippen LogP contribution in [0.3, 0.4) is 0 Å². The van der Waals surface area contributed by atoms with Crippen LogP contribution in [0.2, 0.25) is 0 Å². The molecule has 0 spiro atoms. The molecule has 7 rings (SSSR count). The summed E-state index contributed by atoms with van der Waals surface area (Å²) in [5.74, 6) is 2.28. The molecule has 2 unspecified atom stereocenters. The van der Waals surface area contributed by atoms with Gasteiger partial charge < -0.3 is 13.7 Å². The Morgan fingerprint density at radius 3 is 2.43 bits per heavy atom. The summed E-state index contributed by atoms with van der Waals surface area (Å²) < 4.78 is 17.5. The Morgan fingerprint density at radius 1 is 0.973 bits per heavy atom. The molecule has 1 aromatic carbocycles. The molecule has 188 valence electrons. The summed E-state index contributed by atoms with van der Waals surface area (Å²) in [5, 5.41) is 0.327. The smallest absolute Gasteiger partial charge is 0.192 e. The number of oxazole rings is 1. The zero-order valence-electron chi connectivity index (χ0n) is 19.8. The van der Waals surface area contributed by atoms with Crippen molar-refractivity contribution in [2.24, 2.45) is 0 Å². The minimum atomic E-state index is 0.258. The lowest BCUT2D eigenvalue weighted by atomic mass is 10.1. The van der Waals surface area contributed by atoms with Crippen molar-refractivity contribution in [1.29, 1.82) is 0 Å². The summed E-state index contributed by atoms with van der Waals surface area (Å²) in [4.78, 5) is 9.50. The molecule has 2 atom stereocenters. The van der Waals surface area contributed by atoms with Gasteiger partial charge in [0.2, 0.25) is 0 Å². The highest BCUT2D eigenvalue weighted by Crippen LogP contribution is 2.57. The molecule has 4 nitrogen and oxygen atoms in total. The maximum absolute atomic E-state index is 6.54. The van der Waals surface area contributed by atoms with E-state index in [1.165, 1.54) is 26.3 Å². The highest BCUT2D eigenvalue weighted by Gasteiger charge is 2.45. The Morgan fingerprint density at radius 2 is 1.73 bits per heavy atom. The Bertz CT molecular complexity index is 1720. The zero-order valence-corrected chi connectivity index (χ0v) is 27.8. The lowest BCUT2D eigenvalue weighted by Gasteiger charge is -2.28. The van der Waals surface area contributed by atoms with Gasteiger partial charge in [0.25, 0.3) is 0 Å². The fourth-order valence-corrected chi connectivity index (χ4v) is 10.8. The zero-order chi connectivity index (χ0) is 25.7. The maximum atomic E-state index is 6.54. The van der Waals surface area contributed by atoms with Crippen LogP contribution in [0.15, 0.2) is 57.5 Å². The van der Waals surface area contributed by atoms with Crippen molar-refractivity contribution in [3.63, 3.8) is 0 Å². The third kappa shape index (κ3) is 3.73. The number of fused-ring (bicyclic) bond motifs is 3. The summed E-state index contributed by atoms with van der Waals surface area (Å²) in [6.45, 7) is 6.19. The topological polar surface area (TPSA) is 42.4 Å². The van der Waals surface area contributed by atoms with Crippen LogP contribution in [-0.4, -0.2) is 16.3 Å². The van der Waals surface area contributed by atoms with Crippen LogP contribution in [0.4, 0.5) is 5.69 Å². The molecule has 5 heterocycles. The highest BCUT2D eigenvalue weighted by atomic mass is 79.9. The van der Waals surface area contributed by atoms with Crippen LogP contribution in [0.5, 0.6) is 0 Å². The van der Waals surface area contributed by atoms with Crippen molar-refractivity contribution in [3.8, 4) is 0 Å². The van der Waals surface area contributed by atoms with E-state index in [0.29, 0.717) is 17.6 Å². The van der Waals surface area contributed by atoms with E-state index in [1.807, 2.05) is 18.7 Å². The molecule has 4 aromatic rings. The summed E-state index contributed by atoms with van der Waals surface area (Å²) in [6, 6.07) is 9.05. The van der Waals surface area contributed by atoms with Gasteiger partial charge in [0.1, 0.15) is 5.76 Å². The predicted octanol–water partition coefficient (Wildman–Crippen LogP) is 10.4. The normalized spacial score (nSPS) is 21.1. The Kier molecular flexibility index (Phi) is 6.07. The molecule has 0 saturated heterocycles. The van der Waals surface area contributed by atoms with Crippen LogP contribution in [0.25, 0.3) is 26.0 Å². The van der Waals surface area contributed by atoms with Gasteiger partial charge in [-0.05, 0) is 78.7 Å². The molecular weight excluding hydrogens is 768 g/mol. The third-order valence-electron chi connectivity index (χ3n) is 6.87. The number of benzene rings is 1. The number of thioether (sulfide) groups is 1. The minimum absolute atomic E-state index is 0.258. The summed E-state index contributed by atoms with van der Waals surface area (Å²) in [6.07, 6.45) is 3.05. The average Bonchev–Trinajstić information content (AvgIpc) is 3.67. The molecule has 0 bridgehead atoms. The number of halogens is 4.